The summed E-state index contributed by atoms with van der Waals surface area (Å²) in [7, 11) is 0. The molecule has 124 valence electrons. The van der Waals surface area contributed by atoms with Crippen molar-refractivity contribution in [3.8, 4) is 11.1 Å². The molecule has 1 nitrogen and oxygen atoms in total. The molecule has 3 aromatic rings. The Morgan fingerprint density at radius 1 is 0.680 bits per heavy atom. The number of hydrogen-bond donors (Lipinski definition) is 0. The van der Waals surface area contributed by atoms with Gasteiger partial charge in [0.25, 0.3) is 0 Å². The third-order valence-electron chi connectivity index (χ3n) is 5.03. The zero-order valence-electron chi connectivity index (χ0n) is 14.4. The first-order chi connectivity index (χ1) is 12.4. The summed E-state index contributed by atoms with van der Waals surface area (Å²) in [6.07, 6.45) is 4.84. The van der Waals surface area contributed by atoms with Crippen LogP contribution in [0.5, 0.6) is 0 Å². The summed E-state index contributed by atoms with van der Waals surface area (Å²) < 4.78 is 0. The minimum atomic E-state index is 0.457. The quantitative estimate of drug-likeness (QED) is 0.503. The predicted octanol–water partition coefficient (Wildman–Crippen LogP) is 6.78. The SMILES string of the molecule is c1ccc(-c2ccccc2N=C2CCCCC2c2ccccc2)cc1. The highest BCUT2D eigenvalue weighted by Crippen LogP contribution is 2.35. The molecular formula is C24H23N. The van der Waals surface area contributed by atoms with Gasteiger partial charge in [0.2, 0.25) is 0 Å². The van der Waals surface area contributed by atoms with Crippen LogP contribution in [0, 0.1) is 0 Å². The van der Waals surface area contributed by atoms with Gasteiger partial charge in [-0.15, -0.1) is 0 Å². The Bertz CT molecular complexity index is 850. The number of nitrogens with zero attached hydrogens (tertiary/aromatic N) is 1. The van der Waals surface area contributed by atoms with Gasteiger partial charge < -0.3 is 0 Å². The fourth-order valence-electron chi connectivity index (χ4n) is 3.76. The molecule has 0 aliphatic heterocycles. The Morgan fingerprint density at radius 2 is 1.36 bits per heavy atom. The van der Waals surface area contributed by atoms with Crippen molar-refractivity contribution in [1.82, 2.24) is 0 Å². The third kappa shape index (κ3) is 3.56. The number of para-hydroxylation sites is 1. The standard InChI is InChI=1S/C24H23N/c1-3-11-19(12-4-1)21-15-7-9-17-23(21)25-24-18-10-8-16-22(24)20-13-5-2-6-14-20/h1-7,9,11-15,17,22H,8,10,16,18H2. The first-order valence-electron chi connectivity index (χ1n) is 9.19. The molecule has 1 saturated carbocycles. The molecule has 1 fully saturated rings. The van der Waals surface area contributed by atoms with E-state index in [0.717, 1.165) is 12.1 Å². The van der Waals surface area contributed by atoms with Crippen LogP contribution in [0.1, 0.15) is 37.2 Å². The third-order valence-corrected chi connectivity index (χ3v) is 5.03. The molecule has 4 rings (SSSR count). The van der Waals surface area contributed by atoms with Crippen LogP contribution in [-0.2, 0) is 0 Å². The van der Waals surface area contributed by atoms with Crippen molar-refractivity contribution in [3.05, 3.63) is 90.5 Å². The lowest BCUT2D eigenvalue weighted by molar-refractivity contribution is 0.613. The monoisotopic (exact) mass is 325 g/mol. The largest absolute Gasteiger partial charge is 0.257 e. The highest BCUT2D eigenvalue weighted by molar-refractivity contribution is 5.95. The lowest BCUT2D eigenvalue weighted by Gasteiger charge is -2.25. The molecule has 0 spiro atoms. The fraction of sp³-hybridized carbons (Fsp3) is 0.208. The van der Waals surface area contributed by atoms with Gasteiger partial charge in [-0.3, -0.25) is 4.99 Å². The average molecular weight is 325 g/mol. The number of rotatable bonds is 3. The van der Waals surface area contributed by atoms with E-state index in [1.165, 1.54) is 41.7 Å². The minimum absolute atomic E-state index is 0.457. The van der Waals surface area contributed by atoms with E-state index < -0.39 is 0 Å². The molecule has 3 aromatic carbocycles. The highest BCUT2D eigenvalue weighted by Gasteiger charge is 2.22. The van der Waals surface area contributed by atoms with Crippen LogP contribution in [0.15, 0.2) is 89.9 Å². The maximum absolute atomic E-state index is 5.17. The summed E-state index contributed by atoms with van der Waals surface area (Å²) in [6, 6.07) is 29.9. The van der Waals surface area contributed by atoms with Crippen molar-refractivity contribution in [3.63, 3.8) is 0 Å². The van der Waals surface area contributed by atoms with E-state index in [1.54, 1.807) is 0 Å². The zero-order valence-corrected chi connectivity index (χ0v) is 14.4. The van der Waals surface area contributed by atoms with Gasteiger partial charge in [0, 0.05) is 17.2 Å². The molecule has 1 aliphatic rings. The van der Waals surface area contributed by atoms with Crippen molar-refractivity contribution >= 4 is 11.4 Å². The molecule has 0 saturated heterocycles. The second-order valence-corrected chi connectivity index (χ2v) is 6.70. The van der Waals surface area contributed by atoms with Crippen LogP contribution in [0.3, 0.4) is 0 Å². The van der Waals surface area contributed by atoms with Gasteiger partial charge in [-0.25, -0.2) is 0 Å². The summed E-state index contributed by atoms with van der Waals surface area (Å²) in [5, 5.41) is 0. The minimum Gasteiger partial charge on any atom is -0.257 e. The molecule has 1 aliphatic carbocycles. The lowest BCUT2D eigenvalue weighted by atomic mass is 9.82. The Morgan fingerprint density at radius 3 is 2.16 bits per heavy atom. The molecule has 0 N–H and O–H groups in total. The first-order valence-corrected chi connectivity index (χ1v) is 9.19. The van der Waals surface area contributed by atoms with Gasteiger partial charge >= 0.3 is 0 Å². The smallest absolute Gasteiger partial charge is 0.0707 e. The summed E-state index contributed by atoms with van der Waals surface area (Å²) >= 11 is 0. The van der Waals surface area contributed by atoms with Crippen molar-refractivity contribution < 1.29 is 0 Å². The number of hydrogen-bond acceptors (Lipinski definition) is 1. The van der Waals surface area contributed by atoms with Crippen LogP contribution < -0.4 is 0 Å². The predicted molar refractivity (Wildman–Crippen MR) is 107 cm³/mol. The van der Waals surface area contributed by atoms with Crippen molar-refractivity contribution in [2.24, 2.45) is 4.99 Å². The van der Waals surface area contributed by atoms with E-state index in [1.807, 2.05) is 0 Å². The molecule has 0 radical (unpaired) electrons. The molecule has 0 bridgehead atoms. The highest BCUT2D eigenvalue weighted by atomic mass is 14.8. The van der Waals surface area contributed by atoms with Crippen molar-refractivity contribution in [2.45, 2.75) is 31.6 Å². The van der Waals surface area contributed by atoms with Crippen LogP contribution in [0.25, 0.3) is 11.1 Å². The van der Waals surface area contributed by atoms with Crippen LogP contribution in [0.2, 0.25) is 0 Å². The maximum atomic E-state index is 5.17. The lowest BCUT2D eigenvalue weighted by Crippen LogP contribution is -2.17. The van der Waals surface area contributed by atoms with Crippen LogP contribution >= 0.6 is 0 Å². The summed E-state index contributed by atoms with van der Waals surface area (Å²) in [4.78, 5) is 5.17. The Hall–Kier alpha value is -2.67. The van der Waals surface area contributed by atoms with E-state index in [4.69, 9.17) is 4.99 Å². The van der Waals surface area contributed by atoms with Crippen molar-refractivity contribution in [2.75, 3.05) is 0 Å². The molecule has 0 amide bonds. The molecular weight excluding hydrogens is 302 g/mol. The van der Waals surface area contributed by atoms with Gasteiger partial charge in [0.15, 0.2) is 0 Å². The molecule has 1 unspecified atom stereocenters. The van der Waals surface area contributed by atoms with Crippen molar-refractivity contribution in [1.29, 1.82) is 0 Å². The number of benzene rings is 3. The van der Waals surface area contributed by atoms with E-state index in [2.05, 4.69) is 84.9 Å². The molecule has 0 aromatic heterocycles. The van der Waals surface area contributed by atoms with Gasteiger partial charge in [-0.1, -0.05) is 85.3 Å². The second kappa shape index (κ2) is 7.48. The average Bonchev–Trinajstić information content (AvgIpc) is 2.70. The normalized spacial score (nSPS) is 19.0. The van der Waals surface area contributed by atoms with Gasteiger partial charge in [-0.2, -0.15) is 0 Å². The first kappa shape index (κ1) is 15.8. The van der Waals surface area contributed by atoms with Gasteiger partial charge in [-0.05, 0) is 36.5 Å². The zero-order chi connectivity index (χ0) is 16.9. The van der Waals surface area contributed by atoms with Gasteiger partial charge in [0.05, 0.1) is 5.69 Å². The Balaban J connectivity index is 1.75. The van der Waals surface area contributed by atoms with Crippen LogP contribution in [-0.4, -0.2) is 5.71 Å². The van der Waals surface area contributed by atoms with Crippen LogP contribution in [0.4, 0.5) is 5.69 Å². The van der Waals surface area contributed by atoms with E-state index in [0.29, 0.717) is 5.92 Å². The van der Waals surface area contributed by atoms with E-state index >= 15 is 0 Å². The Kier molecular flexibility index (Phi) is 4.74. The summed E-state index contributed by atoms with van der Waals surface area (Å²) in [6.45, 7) is 0. The molecule has 25 heavy (non-hydrogen) atoms. The summed E-state index contributed by atoms with van der Waals surface area (Å²) in [5.41, 5.74) is 6.27. The van der Waals surface area contributed by atoms with E-state index in [9.17, 15) is 0 Å². The second-order valence-electron chi connectivity index (χ2n) is 6.70. The topological polar surface area (TPSA) is 12.4 Å². The molecule has 1 heteroatoms. The number of aliphatic imine (C=N–C) groups is 1. The van der Waals surface area contributed by atoms with Gasteiger partial charge in [0.1, 0.15) is 0 Å². The summed E-state index contributed by atoms with van der Waals surface area (Å²) in [5.74, 6) is 0.457. The molecule has 1 atom stereocenters. The van der Waals surface area contributed by atoms with E-state index in [-0.39, 0.29) is 0 Å². The Labute approximate surface area is 150 Å². The fourth-order valence-corrected chi connectivity index (χ4v) is 3.76. The maximum Gasteiger partial charge on any atom is 0.0707 e. The molecule has 0 heterocycles.